The fourth-order valence-corrected chi connectivity index (χ4v) is 2.75. The van der Waals surface area contributed by atoms with Crippen molar-refractivity contribution in [1.29, 1.82) is 0 Å². The SMILES string of the molecule is O=CO.[Na][c]1ccc2nc(-c3cccc(Br)c3)cnc2c1. The van der Waals surface area contributed by atoms with Crippen LogP contribution in [-0.4, -0.2) is 49.5 Å². The Kier molecular flexibility index (Phi) is 5.87. The molecule has 0 aliphatic heterocycles. The second kappa shape index (κ2) is 7.66. The molecule has 0 aliphatic carbocycles. The number of nitrogens with zero attached hydrogens (tertiary/aromatic N) is 2. The minimum absolute atomic E-state index is 0.250. The van der Waals surface area contributed by atoms with Crippen molar-refractivity contribution in [1.82, 2.24) is 9.97 Å². The normalized spacial score (nSPS) is 9.86. The van der Waals surface area contributed by atoms with Crippen LogP contribution in [0, 0.1) is 0 Å². The monoisotopic (exact) mass is 352 g/mol. The van der Waals surface area contributed by atoms with Gasteiger partial charge in [0.2, 0.25) is 0 Å². The molecule has 0 atom stereocenters. The van der Waals surface area contributed by atoms with E-state index in [2.05, 4.69) is 44.1 Å². The van der Waals surface area contributed by atoms with Crippen LogP contribution in [0.5, 0.6) is 0 Å². The number of fused-ring (bicyclic) bond motifs is 1. The Bertz CT molecular complexity index is 780. The average Bonchev–Trinajstić information content (AvgIpc) is 2.47. The summed E-state index contributed by atoms with van der Waals surface area (Å²) < 4.78 is 2.39. The Labute approximate surface area is 147 Å². The van der Waals surface area contributed by atoms with E-state index >= 15 is 0 Å². The van der Waals surface area contributed by atoms with Gasteiger partial charge in [0.1, 0.15) is 0 Å². The van der Waals surface area contributed by atoms with E-state index in [1.54, 1.807) is 0 Å². The molecule has 2 aromatic carbocycles. The predicted molar refractivity (Wildman–Crippen MR) is 86.8 cm³/mol. The van der Waals surface area contributed by atoms with Gasteiger partial charge in [0.15, 0.2) is 0 Å². The zero-order chi connectivity index (χ0) is 15.2. The van der Waals surface area contributed by atoms with Gasteiger partial charge in [0, 0.05) is 0 Å². The first kappa shape index (κ1) is 16.1. The summed E-state index contributed by atoms with van der Waals surface area (Å²) in [6.45, 7) is -0.250. The molecule has 3 aromatic rings. The van der Waals surface area contributed by atoms with Crippen LogP contribution >= 0.6 is 15.9 Å². The van der Waals surface area contributed by atoms with Gasteiger partial charge < -0.3 is 5.11 Å². The van der Waals surface area contributed by atoms with Crippen molar-refractivity contribution in [3.8, 4) is 11.3 Å². The third kappa shape index (κ3) is 4.35. The van der Waals surface area contributed by atoms with Gasteiger partial charge in [-0.2, -0.15) is 0 Å². The number of carbonyl (C=O) groups is 1. The van der Waals surface area contributed by atoms with Crippen LogP contribution in [0.2, 0.25) is 0 Å². The number of aromatic nitrogens is 2. The van der Waals surface area contributed by atoms with Crippen molar-refractivity contribution in [2.24, 2.45) is 0 Å². The molecule has 0 amide bonds. The molecular formula is C15H10BrN2NaO2. The topological polar surface area (TPSA) is 63.1 Å². The number of halogens is 1. The van der Waals surface area contributed by atoms with Crippen LogP contribution in [0.1, 0.15) is 0 Å². The third-order valence-corrected chi connectivity index (χ3v) is 3.93. The van der Waals surface area contributed by atoms with Crippen LogP contribution in [0.4, 0.5) is 0 Å². The van der Waals surface area contributed by atoms with Gasteiger partial charge in [0.05, 0.1) is 0 Å². The summed E-state index contributed by atoms with van der Waals surface area (Å²) in [5.74, 6) is 0. The van der Waals surface area contributed by atoms with Gasteiger partial charge in [-0.1, -0.05) is 0 Å². The molecule has 3 rings (SSSR count). The van der Waals surface area contributed by atoms with E-state index in [4.69, 9.17) is 9.90 Å². The summed E-state index contributed by atoms with van der Waals surface area (Å²) in [7, 11) is 0. The number of hydrogen-bond donors (Lipinski definition) is 1. The van der Waals surface area contributed by atoms with Gasteiger partial charge in [-0.3, -0.25) is 4.79 Å². The van der Waals surface area contributed by atoms with Gasteiger partial charge in [-0.25, -0.2) is 0 Å². The van der Waals surface area contributed by atoms with Crippen molar-refractivity contribution < 1.29 is 9.90 Å². The summed E-state index contributed by atoms with van der Waals surface area (Å²) in [6.07, 6.45) is 1.84. The first-order valence-electron chi connectivity index (χ1n) is 6.21. The summed E-state index contributed by atoms with van der Waals surface area (Å²) in [6, 6.07) is 14.4. The van der Waals surface area contributed by atoms with Gasteiger partial charge in [0.25, 0.3) is 6.47 Å². The second-order valence-electron chi connectivity index (χ2n) is 4.36. The Morgan fingerprint density at radius 1 is 1.14 bits per heavy atom. The van der Waals surface area contributed by atoms with E-state index in [1.165, 1.54) is 2.81 Å². The first-order valence-corrected chi connectivity index (χ1v) is 8.00. The van der Waals surface area contributed by atoms with E-state index < -0.39 is 0 Å². The van der Waals surface area contributed by atoms with E-state index in [0.29, 0.717) is 0 Å². The second-order valence-corrected chi connectivity index (χ2v) is 6.43. The zero-order valence-electron chi connectivity index (χ0n) is 11.3. The number of hydrogen-bond acceptors (Lipinski definition) is 3. The molecule has 0 saturated carbocycles. The maximum absolute atomic E-state index is 8.36. The standard InChI is InChI=1S/C14H8BrN2.CH2O2.Na/c15-11-5-3-4-10(8-11)14-9-16-12-6-1-2-7-13(12)17-14;2-1-3;/h2-9H;1H,(H,2,3);. The Hall–Kier alpha value is -1.27. The Morgan fingerprint density at radius 2 is 1.90 bits per heavy atom. The molecule has 0 unspecified atom stereocenters. The third-order valence-electron chi connectivity index (χ3n) is 2.82. The van der Waals surface area contributed by atoms with E-state index in [0.717, 1.165) is 54.7 Å². The number of benzene rings is 2. The van der Waals surface area contributed by atoms with Crippen LogP contribution in [0.3, 0.4) is 0 Å². The van der Waals surface area contributed by atoms with Gasteiger partial charge in [-0.05, 0) is 0 Å². The van der Waals surface area contributed by atoms with Gasteiger partial charge >= 0.3 is 132 Å². The van der Waals surface area contributed by atoms with Crippen molar-refractivity contribution >= 4 is 64.2 Å². The summed E-state index contributed by atoms with van der Waals surface area (Å²) in [5.41, 5.74) is 3.91. The summed E-state index contributed by atoms with van der Waals surface area (Å²) in [4.78, 5) is 17.5. The van der Waals surface area contributed by atoms with Crippen LogP contribution < -0.4 is 2.81 Å². The fourth-order valence-electron chi connectivity index (χ4n) is 1.91. The average molecular weight is 353 g/mol. The fraction of sp³-hybridized carbons (Fsp3) is 0. The maximum atomic E-state index is 8.36. The van der Waals surface area contributed by atoms with E-state index in [1.807, 2.05) is 30.5 Å². The Morgan fingerprint density at radius 3 is 2.62 bits per heavy atom. The van der Waals surface area contributed by atoms with Crippen molar-refractivity contribution in [2.45, 2.75) is 0 Å². The molecule has 4 nitrogen and oxygen atoms in total. The molecule has 1 heterocycles. The molecule has 0 fully saturated rings. The van der Waals surface area contributed by atoms with E-state index in [-0.39, 0.29) is 6.47 Å². The van der Waals surface area contributed by atoms with Crippen molar-refractivity contribution in [3.63, 3.8) is 0 Å². The molecule has 0 aliphatic rings. The van der Waals surface area contributed by atoms with Crippen LogP contribution in [0.25, 0.3) is 22.3 Å². The van der Waals surface area contributed by atoms with Crippen molar-refractivity contribution in [2.75, 3.05) is 0 Å². The molecule has 100 valence electrons. The molecule has 21 heavy (non-hydrogen) atoms. The Balaban J connectivity index is 0.000000497. The molecule has 1 N–H and O–H groups in total. The van der Waals surface area contributed by atoms with Gasteiger partial charge in [-0.15, -0.1) is 0 Å². The van der Waals surface area contributed by atoms with Crippen molar-refractivity contribution in [3.05, 3.63) is 53.1 Å². The molecule has 6 heteroatoms. The predicted octanol–water partition coefficient (Wildman–Crippen LogP) is 2.55. The van der Waals surface area contributed by atoms with Crippen LogP contribution in [0.15, 0.2) is 53.1 Å². The molecular weight excluding hydrogens is 343 g/mol. The molecule has 0 saturated heterocycles. The molecule has 0 bridgehead atoms. The molecule has 1 aromatic heterocycles. The molecule has 0 spiro atoms. The number of carboxylic acid groups (broad SMARTS) is 1. The first-order chi connectivity index (χ1) is 10.1. The quantitative estimate of drug-likeness (QED) is 0.540. The van der Waals surface area contributed by atoms with E-state index in [9.17, 15) is 0 Å². The summed E-state index contributed by atoms with van der Waals surface area (Å²) in [5, 5.41) is 6.89. The summed E-state index contributed by atoms with van der Waals surface area (Å²) >= 11 is 4.52. The number of rotatable bonds is 1. The molecule has 0 radical (unpaired) electrons. The van der Waals surface area contributed by atoms with Crippen LogP contribution in [-0.2, 0) is 4.79 Å². The zero-order valence-corrected chi connectivity index (χ0v) is 14.9. The minimum atomic E-state index is -0.250.